The minimum absolute atomic E-state index is 0.100. The summed E-state index contributed by atoms with van der Waals surface area (Å²) in [5, 5.41) is 0. The summed E-state index contributed by atoms with van der Waals surface area (Å²) in [7, 11) is -3.77. The number of Topliss-reactive ketones (excluding diaryl/α,β-unsaturated/α-hetero) is 1. The molecule has 2 aromatic carbocycles. The van der Waals surface area contributed by atoms with Crippen LogP contribution in [-0.2, 0) is 14.8 Å². The fourth-order valence-electron chi connectivity index (χ4n) is 2.07. The Morgan fingerprint density at radius 1 is 1.12 bits per heavy atom. The topological polar surface area (TPSA) is 89.5 Å². The monoisotopic (exact) mass is 383 g/mol. The average Bonchev–Trinajstić information content (AvgIpc) is 2.61. The number of hydrogen-bond donors (Lipinski definition) is 1. The largest absolute Gasteiger partial charge is 0.454 e. The molecule has 0 heterocycles. The number of carbonyl (C=O) groups excluding carboxylic acids is 2. The minimum Gasteiger partial charge on any atom is -0.454 e. The number of halogens is 2. The predicted octanol–water partition coefficient (Wildman–Crippen LogP) is 2.30. The lowest BCUT2D eigenvalue weighted by Crippen LogP contribution is -2.23. The molecule has 0 amide bonds. The van der Waals surface area contributed by atoms with Crippen LogP contribution in [0.15, 0.2) is 47.4 Å². The van der Waals surface area contributed by atoms with Crippen molar-refractivity contribution in [2.45, 2.75) is 11.8 Å². The highest BCUT2D eigenvalue weighted by Gasteiger charge is 2.18. The molecule has 9 heteroatoms. The number of ketones is 1. The summed E-state index contributed by atoms with van der Waals surface area (Å²) in [5.41, 5.74) is -0.641. The first-order chi connectivity index (χ1) is 12.2. The standard InChI is InChI=1S/C17H15F2NO5S/c1-2-20-26(23,24)13-5-3-4-11(8-13)17(22)25-10-16(21)14-9-12(18)6-7-15(14)19/h3-9,20H,2,10H2,1H3. The Morgan fingerprint density at radius 2 is 1.85 bits per heavy atom. The van der Waals surface area contributed by atoms with E-state index >= 15 is 0 Å². The van der Waals surface area contributed by atoms with Crippen molar-refractivity contribution < 1.29 is 31.5 Å². The Kier molecular flexibility index (Phi) is 6.17. The molecule has 0 bridgehead atoms. The third-order valence-electron chi connectivity index (χ3n) is 3.28. The molecule has 0 saturated heterocycles. The Bertz CT molecular complexity index is 944. The van der Waals surface area contributed by atoms with E-state index < -0.39 is 45.6 Å². The van der Waals surface area contributed by atoms with E-state index in [0.717, 1.165) is 18.2 Å². The highest BCUT2D eigenvalue weighted by Crippen LogP contribution is 2.14. The second-order valence-electron chi connectivity index (χ2n) is 5.15. The first-order valence-electron chi connectivity index (χ1n) is 7.49. The van der Waals surface area contributed by atoms with Crippen LogP contribution in [0.1, 0.15) is 27.6 Å². The third-order valence-corrected chi connectivity index (χ3v) is 4.82. The minimum atomic E-state index is -3.77. The van der Waals surface area contributed by atoms with E-state index in [2.05, 4.69) is 4.72 Å². The molecule has 0 aromatic heterocycles. The van der Waals surface area contributed by atoms with Crippen LogP contribution in [0.25, 0.3) is 0 Å². The zero-order chi connectivity index (χ0) is 19.3. The molecule has 0 radical (unpaired) electrons. The Morgan fingerprint density at radius 3 is 2.54 bits per heavy atom. The maximum absolute atomic E-state index is 13.5. The Balaban J connectivity index is 2.11. The van der Waals surface area contributed by atoms with Gasteiger partial charge in [0.1, 0.15) is 11.6 Å². The molecule has 0 unspecified atom stereocenters. The summed E-state index contributed by atoms with van der Waals surface area (Å²) in [6.45, 7) is 0.959. The van der Waals surface area contributed by atoms with Gasteiger partial charge in [0.2, 0.25) is 15.8 Å². The fourth-order valence-corrected chi connectivity index (χ4v) is 3.15. The fraction of sp³-hybridized carbons (Fsp3) is 0.176. The van der Waals surface area contributed by atoms with E-state index in [0.29, 0.717) is 6.07 Å². The second kappa shape index (κ2) is 8.15. The van der Waals surface area contributed by atoms with Crippen LogP contribution in [0.3, 0.4) is 0 Å². The molecule has 0 spiro atoms. The third kappa shape index (κ3) is 4.70. The van der Waals surface area contributed by atoms with Crippen LogP contribution in [0.4, 0.5) is 8.78 Å². The highest BCUT2D eigenvalue weighted by atomic mass is 32.2. The summed E-state index contributed by atoms with van der Waals surface area (Å²) >= 11 is 0. The van der Waals surface area contributed by atoms with Gasteiger partial charge in [0.25, 0.3) is 0 Å². The van der Waals surface area contributed by atoms with Crippen molar-refractivity contribution in [3.05, 3.63) is 65.2 Å². The molecule has 2 aromatic rings. The van der Waals surface area contributed by atoms with Crippen molar-refractivity contribution in [2.75, 3.05) is 13.2 Å². The SMILES string of the molecule is CCNS(=O)(=O)c1cccc(C(=O)OCC(=O)c2cc(F)ccc2F)c1. The maximum atomic E-state index is 13.5. The Hall–Kier alpha value is -2.65. The van der Waals surface area contributed by atoms with Gasteiger partial charge in [-0.3, -0.25) is 4.79 Å². The van der Waals surface area contributed by atoms with E-state index in [4.69, 9.17) is 4.74 Å². The zero-order valence-electron chi connectivity index (χ0n) is 13.7. The predicted molar refractivity (Wildman–Crippen MR) is 88.3 cm³/mol. The number of esters is 1. The summed E-state index contributed by atoms with van der Waals surface area (Å²) in [4.78, 5) is 23.7. The summed E-state index contributed by atoms with van der Waals surface area (Å²) in [6, 6.07) is 7.38. The summed E-state index contributed by atoms with van der Waals surface area (Å²) in [5.74, 6) is -3.64. The molecular weight excluding hydrogens is 368 g/mol. The molecule has 6 nitrogen and oxygen atoms in total. The van der Waals surface area contributed by atoms with E-state index in [1.54, 1.807) is 6.92 Å². The van der Waals surface area contributed by atoms with Crippen LogP contribution >= 0.6 is 0 Å². The number of benzene rings is 2. The lowest BCUT2D eigenvalue weighted by Gasteiger charge is -2.08. The smallest absolute Gasteiger partial charge is 0.338 e. The zero-order valence-corrected chi connectivity index (χ0v) is 14.5. The van der Waals surface area contributed by atoms with Crippen molar-refractivity contribution in [1.82, 2.24) is 4.72 Å². The van der Waals surface area contributed by atoms with Crippen molar-refractivity contribution in [3.63, 3.8) is 0 Å². The molecule has 0 aliphatic carbocycles. The van der Waals surface area contributed by atoms with Crippen molar-refractivity contribution in [3.8, 4) is 0 Å². The van der Waals surface area contributed by atoms with Gasteiger partial charge in [0.05, 0.1) is 16.0 Å². The summed E-state index contributed by atoms with van der Waals surface area (Å²) in [6.07, 6.45) is 0. The van der Waals surface area contributed by atoms with Crippen molar-refractivity contribution in [2.24, 2.45) is 0 Å². The first-order valence-corrected chi connectivity index (χ1v) is 8.98. The average molecular weight is 383 g/mol. The number of carbonyl (C=O) groups is 2. The molecule has 1 N–H and O–H groups in total. The quantitative estimate of drug-likeness (QED) is 0.585. The number of rotatable bonds is 7. The van der Waals surface area contributed by atoms with Gasteiger partial charge in [0, 0.05) is 6.54 Å². The lowest BCUT2D eigenvalue weighted by atomic mass is 10.1. The van der Waals surface area contributed by atoms with Gasteiger partial charge >= 0.3 is 5.97 Å². The van der Waals surface area contributed by atoms with Gasteiger partial charge in [-0.25, -0.2) is 26.7 Å². The maximum Gasteiger partial charge on any atom is 0.338 e. The lowest BCUT2D eigenvalue weighted by molar-refractivity contribution is 0.0473. The van der Waals surface area contributed by atoms with Gasteiger partial charge in [-0.1, -0.05) is 13.0 Å². The van der Waals surface area contributed by atoms with E-state index in [-0.39, 0.29) is 17.0 Å². The molecule has 2 rings (SSSR count). The molecule has 26 heavy (non-hydrogen) atoms. The van der Waals surface area contributed by atoms with Crippen LogP contribution in [0, 0.1) is 11.6 Å². The van der Waals surface area contributed by atoms with Gasteiger partial charge in [-0.05, 0) is 36.4 Å². The van der Waals surface area contributed by atoms with Crippen LogP contribution in [-0.4, -0.2) is 33.3 Å². The van der Waals surface area contributed by atoms with Crippen LogP contribution in [0.5, 0.6) is 0 Å². The van der Waals surface area contributed by atoms with E-state index in [1.165, 1.54) is 18.2 Å². The molecule has 138 valence electrons. The van der Waals surface area contributed by atoms with Crippen molar-refractivity contribution in [1.29, 1.82) is 0 Å². The summed E-state index contributed by atoms with van der Waals surface area (Å²) < 4.78 is 57.5. The van der Waals surface area contributed by atoms with Gasteiger partial charge < -0.3 is 4.74 Å². The first kappa shape index (κ1) is 19.7. The number of sulfonamides is 1. The molecule has 0 fully saturated rings. The molecule has 0 aliphatic rings. The van der Waals surface area contributed by atoms with E-state index in [1.807, 2.05) is 0 Å². The number of ether oxygens (including phenoxy) is 1. The molecule has 0 atom stereocenters. The molecule has 0 aliphatic heterocycles. The number of hydrogen-bond acceptors (Lipinski definition) is 5. The second-order valence-corrected chi connectivity index (χ2v) is 6.92. The van der Waals surface area contributed by atoms with Crippen molar-refractivity contribution >= 4 is 21.8 Å². The van der Waals surface area contributed by atoms with Crippen LogP contribution in [0.2, 0.25) is 0 Å². The van der Waals surface area contributed by atoms with Gasteiger partial charge in [-0.15, -0.1) is 0 Å². The normalized spacial score (nSPS) is 11.2. The van der Waals surface area contributed by atoms with Gasteiger partial charge in [0.15, 0.2) is 6.61 Å². The molecular formula is C17H15F2NO5S. The number of nitrogens with one attached hydrogen (secondary N) is 1. The Labute approximate surface area is 148 Å². The van der Waals surface area contributed by atoms with Gasteiger partial charge in [-0.2, -0.15) is 0 Å². The molecule has 0 saturated carbocycles. The highest BCUT2D eigenvalue weighted by molar-refractivity contribution is 7.89. The van der Waals surface area contributed by atoms with E-state index in [9.17, 15) is 26.8 Å². The van der Waals surface area contributed by atoms with Crippen LogP contribution < -0.4 is 4.72 Å².